The summed E-state index contributed by atoms with van der Waals surface area (Å²) in [6, 6.07) is 12.2. The summed E-state index contributed by atoms with van der Waals surface area (Å²) in [4.78, 5) is 33.6. The minimum Gasteiger partial charge on any atom is -0.322 e. The molecule has 1 fully saturated rings. The number of nitrogens with one attached hydrogen (secondary N) is 2. The van der Waals surface area contributed by atoms with E-state index in [-0.39, 0.29) is 23.6 Å². The lowest BCUT2D eigenvalue weighted by atomic mass is 10.0. The number of aryl methyl sites for hydroxylation is 1. The molecule has 10 heteroatoms. The van der Waals surface area contributed by atoms with Crippen molar-refractivity contribution in [2.45, 2.75) is 26.6 Å². The molecule has 1 aliphatic rings. The number of benzene rings is 2. The van der Waals surface area contributed by atoms with Gasteiger partial charge in [-0.15, -0.1) is 0 Å². The van der Waals surface area contributed by atoms with Crippen molar-refractivity contribution in [2.24, 2.45) is 0 Å². The zero-order valence-corrected chi connectivity index (χ0v) is 22.5. The number of carbonyl (C=O) groups is 2. The summed E-state index contributed by atoms with van der Waals surface area (Å²) < 4.78 is 41.9. The van der Waals surface area contributed by atoms with Gasteiger partial charge in [0, 0.05) is 68.1 Å². The quantitative estimate of drug-likeness (QED) is 0.364. The molecule has 0 atom stereocenters. The maximum atomic E-state index is 14.0. The van der Waals surface area contributed by atoms with Crippen LogP contribution in [0.25, 0.3) is 6.08 Å². The number of aromatic nitrogens is 1. The van der Waals surface area contributed by atoms with Crippen LogP contribution < -0.4 is 10.6 Å². The molecule has 4 rings (SSSR count). The van der Waals surface area contributed by atoms with Crippen molar-refractivity contribution >= 4 is 29.3 Å². The highest BCUT2D eigenvalue weighted by atomic mass is 19.4. The highest BCUT2D eigenvalue weighted by Gasteiger charge is 2.34. The monoisotopic (exact) mass is 551 g/mol. The van der Waals surface area contributed by atoms with Crippen LogP contribution in [-0.4, -0.2) is 59.3 Å². The lowest BCUT2D eigenvalue weighted by Crippen LogP contribution is -2.45. The van der Waals surface area contributed by atoms with Crippen LogP contribution in [-0.2, 0) is 17.5 Å². The predicted octanol–water partition coefficient (Wildman–Crippen LogP) is 5.45. The third-order valence-electron chi connectivity index (χ3n) is 6.85. The van der Waals surface area contributed by atoms with Crippen molar-refractivity contribution in [3.63, 3.8) is 0 Å². The molecule has 3 aromatic rings. The summed E-state index contributed by atoms with van der Waals surface area (Å²) in [6.45, 7) is 7.97. The van der Waals surface area contributed by atoms with Gasteiger partial charge < -0.3 is 15.5 Å². The number of pyridine rings is 1. The Morgan fingerprint density at radius 3 is 2.42 bits per heavy atom. The first kappa shape index (κ1) is 29.0. The Hall–Kier alpha value is -4.02. The highest BCUT2D eigenvalue weighted by Crippen LogP contribution is 2.34. The molecule has 0 spiro atoms. The third-order valence-corrected chi connectivity index (χ3v) is 6.85. The van der Waals surface area contributed by atoms with E-state index < -0.39 is 17.6 Å². The molecule has 210 valence electrons. The average molecular weight is 552 g/mol. The molecular weight excluding hydrogens is 519 g/mol. The molecule has 1 saturated heterocycles. The zero-order valence-electron chi connectivity index (χ0n) is 22.5. The molecule has 7 nitrogen and oxygen atoms in total. The van der Waals surface area contributed by atoms with Gasteiger partial charge in [-0.3, -0.25) is 19.5 Å². The van der Waals surface area contributed by atoms with E-state index in [0.29, 0.717) is 24.5 Å². The summed E-state index contributed by atoms with van der Waals surface area (Å²) in [5, 5.41) is 5.41. The first-order valence-electron chi connectivity index (χ1n) is 13.1. The number of rotatable bonds is 8. The van der Waals surface area contributed by atoms with Crippen LogP contribution in [0.3, 0.4) is 0 Å². The number of piperazine rings is 1. The van der Waals surface area contributed by atoms with E-state index in [1.807, 2.05) is 11.0 Å². The number of hydrogen-bond donors (Lipinski definition) is 2. The number of carbonyl (C=O) groups excluding carboxylic acids is 2. The van der Waals surface area contributed by atoms with Crippen LogP contribution in [0, 0.1) is 6.92 Å². The average Bonchev–Trinajstić information content (AvgIpc) is 2.94. The number of hydrogen-bond acceptors (Lipinski definition) is 5. The van der Waals surface area contributed by atoms with Gasteiger partial charge in [0.2, 0.25) is 5.91 Å². The second-order valence-electron chi connectivity index (χ2n) is 9.67. The minimum absolute atomic E-state index is 0.0996. The van der Waals surface area contributed by atoms with Gasteiger partial charge in [0.05, 0.1) is 5.56 Å². The van der Waals surface area contributed by atoms with Crippen LogP contribution in [0.1, 0.15) is 39.5 Å². The molecule has 0 saturated carbocycles. The van der Waals surface area contributed by atoms with Gasteiger partial charge in [0.15, 0.2) is 0 Å². The summed E-state index contributed by atoms with van der Waals surface area (Å²) in [5.41, 5.74) is 1.56. The first-order valence-corrected chi connectivity index (χ1v) is 13.1. The van der Waals surface area contributed by atoms with Gasteiger partial charge in [-0.05, 0) is 66.6 Å². The Kier molecular flexibility index (Phi) is 9.34. The maximum absolute atomic E-state index is 14.0. The number of anilines is 2. The van der Waals surface area contributed by atoms with E-state index in [4.69, 9.17) is 0 Å². The van der Waals surface area contributed by atoms with Crippen molar-refractivity contribution in [2.75, 3.05) is 43.4 Å². The fraction of sp³-hybridized carbons (Fsp3) is 0.300. The second kappa shape index (κ2) is 12.9. The van der Waals surface area contributed by atoms with E-state index >= 15 is 0 Å². The van der Waals surface area contributed by atoms with Crippen LogP contribution in [0.5, 0.6) is 0 Å². The fourth-order valence-electron chi connectivity index (χ4n) is 4.48. The van der Waals surface area contributed by atoms with E-state index in [2.05, 4.69) is 27.4 Å². The summed E-state index contributed by atoms with van der Waals surface area (Å²) >= 11 is 0. The molecule has 0 bridgehead atoms. The molecule has 0 unspecified atom stereocenters. The van der Waals surface area contributed by atoms with Gasteiger partial charge >= 0.3 is 6.18 Å². The van der Waals surface area contributed by atoms with Crippen LogP contribution in [0.15, 0.2) is 67.0 Å². The van der Waals surface area contributed by atoms with Crippen molar-refractivity contribution in [3.8, 4) is 0 Å². The topological polar surface area (TPSA) is 77.6 Å². The molecule has 1 aromatic heterocycles. The van der Waals surface area contributed by atoms with Crippen LogP contribution >= 0.6 is 0 Å². The van der Waals surface area contributed by atoms with Crippen molar-refractivity contribution < 1.29 is 22.8 Å². The largest absolute Gasteiger partial charge is 0.416 e. The number of alkyl halides is 3. The summed E-state index contributed by atoms with van der Waals surface area (Å²) in [5.74, 6) is -1.05. The Balaban J connectivity index is 1.45. The molecule has 2 amide bonds. The Morgan fingerprint density at radius 1 is 1.00 bits per heavy atom. The smallest absolute Gasteiger partial charge is 0.322 e. The van der Waals surface area contributed by atoms with E-state index in [1.165, 1.54) is 18.2 Å². The van der Waals surface area contributed by atoms with Gasteiger partial charge in [-0.2, -0.15) is 13.2 Å². The molecule has 2 N–H and O–H groups in total. The number of amides is 2. The van der Waals surface area contributed by atoms with Gasteiger partial charge in [-0.25, -0.2) is 0 Å². The van der Waals surface area contributed by atoms with Crippen LogP contribution in [0.4, 0.5) is 24.5 Å². The molecule has 0 radical (unpaired) electrons. The van der Waals surface area contributed by atoms with E-state index in [0.717, 1.165) is 36.8 Å². The zero-order chi connectivity index (χ0) is 28.7. The molecule has 2 aromatic carbocycles. The van der Waals surface area contributed by atoms with Gasteiger partial charge in [0.1, 0.15) is 0 Å². The van der Waals surface area contributed by atoms with Crippen molar-refractivity contribution in [1.82, 2.24) is 14.8 Å². The van der Waals surface area contributed by atoms with Crippen molar-refractivity contribution in [1.29, 1.82) is 0 Å². The highest BCUT2D eigenvalue weighted by molar-refractivity contribution is 6.06. The normalized spacial score (nSPS) is 14.8. The molecule has 2 heterocycles. The van der Waals surface area contributed by atoms with Gasteiger partial charge in [-0.1, -0.05) is 25.1 Å². The Bertz CT molecular complexity index is 1370. The lowest BCUT2D eigenvalue weighted by Gasteiger charge is -2.34. The lowest BCUT2D eigenvalue weighted by molar-refractivity contribution is -0.138. The molecule has 0 aliphatic carbocycles. The van der Waals surface area contributed by atoms with E-state index in [1.54, 1.807) is 49.7 Å². The number of likely N-dealkylation sites (N-methyl/N-ethyl adjacent to an activating group) is 1. The number of halogens is 3. The summed E-state index contributed by atoms with van der Waals surface area (Å²) in [7, 11) is 0. The van der Waals surface area contributed by atoms with Crippen LogP contribution in [0.2, 0.25) is 0 Å². The molecule has 1 aliphatic heterocycles. The van der Waals surface area contributed by atoms with Crippen molar-refractivity contribution in [3.05, 3.63) is 94.8 Å². The number of nitrogens with zero attached hydrogens (tertiary/aromatic N) is 3. The summed E-state index contributed by atoms with van der Waals surface area (Å²) in [6.07, 6.45) is 1.65. The fourth-order valence-corrected chi connectivity index (χ4v) is 4.48. The Labute approximate surface area is 231 Å². The SMILES string of the molecule is CCN1CCN(Cc2ccc(C(=O)Nc3ccc(C)c(NC(=O)C=Cc4cccnc4)c3)cc2C(F)(F)F)CC1. The maximum Gasteiger partial charge on any atom is 0.416 e. The first-order chi connectivity index (χ1) is 19.1. The second-order valence-corrected chi connectivity index (χ2v) is 9.67. The standard InChI is InChI=1S/C30H32F3N5O2/c1-3-37-13-15-38(16-14-37)20-24-9-8-23(17-26(24)30(31,32)33)29(40)35-25-10-6-21(2)27(18-25)36-28(39)11-7-22-5-4-12-34-19-22/h4-12,17-19H,3,13-16,20H2,1-2H3,(H,35,40)(H,36,39). The molecule has 40 heavy (non-hydrogen) atoms. The van der Waals surface area contributed by atoms with Gasteiger partial charge in [0.25, 0.3) is 5.91 Å². The third kappa shape index (κ3) is 7.77. The predicted molar refractivity (Wildman–Crippen MR) is 150 cm³/mol. The Morgan fingerprint density at radius 2 is 1.75 bits per heavy atom. The minimum atomic E-state index is -4.60. The van der Waals surface area contributed by atoms with E-state index in [9.17, 15) is 22.8 Å². The molecular formula is C30H32F3N5O2.